The highest BCUT2D eigenvalue weighted by Gasteiger charge is 2.56. The first-order chi connectivity index (χ1) is 16.4. The summed E-state index contributed by atoms with van der Waals surface area (Å²) in [5.41, 5.74) is 3.35. The lowest BCUT2D eigenvalue weighted by molar-refractivity contribution is -0.124. The fourth-order valence-corrected chi connectivity index (χ4v) is 4.19. The molecule has 0 fully saturated rings. The van der Waals surface area contributed by atoms with E-state index in [1.807, 2.05) is 0 Å². The van der Waals surface area contributed by atoms with E-state index < -0.39 is 28.6 Å². The Morgan fingerprint density at radius 1 is 1.20 bits per heavy atom. The number of nitrogens with zero attached hydrogens (tertiary/aromatic N) is 6. The van der Waals surface area contributed by atoms with Gasteiger partial charge in [-0.15, -0.1) is 0 Å². The number of pyridine rings is 2. The number of carbonyl (C=O) groups is 1. The Hall–Kier alpha value is -4.09. The van der Waals surface area contributed by atoms with Gasteiger partial charge in [0.05, 0.1) is 28.9 Å². The van der Waals surface area contributed by atoms with Gasteiger partial charge in [0, 0.05) is 6.20 Å². The number of anilines is 2. The van der Waals surface area contributed by atoms with Crippen LogP contribution in [0, 0.1) is 18.6 Å². The molecule has 0 radical (unpaired) electrons. The third-order valence-electron chi connectivity index (χ3n) is 6.51. The summed E-state index contributed by atoms with van der Waals surface area (Å²) in [4.78, 5) is 29.7. The van der Waals surface area contributed by atoms with E-state index in [1.165, 1.54) is 56.8 Å². The standard InChI is InChI=1S/C23H21F3N8O/c1-10-13(25)8-11-16(33-34(20(11)29-10)9-14-12(24)6-5-7-28-14)19-30-17(27)15-18(31-19)32-21(35)23(15,4)22(2,3)26/h5-8H,9H2,1-4H3,(H3,27,30,31,32,35). The van der Waals surface area contributed by atoms with Crippen molar-refractivity contribution in [2.24, 2.45) is 0 Å². The van der Waals surface area contributed by atoms with E-state index in [1.54, 1.807) is 0 Å². The second-order valence-electron chi connectivity index (χ2n) is 9.07. The SMILES string of the molecule is Cc1nc2c(cc1F)c(-c1nc(N)c3c(n1)NC(=O)C3(C)C(C)(C)F)nn2Cc1ncccc1F. The number of halogens is 3. The van der Waals surface area contributed by atoms with E-state index >= 15 is 4.39 Å². The molecule has 0 aliphatic carbocycles. The van der Waals surface area contributed by atoms with Gasteiger partial charge in [0.2, 0.25) is 5.91 Å². The first kappa shape index (κ1) is 22.7. The third kappa shape index (κ3) is 3.31. The van der Waals surface area contributed by atoms with Gasteiger partial charge in [0.25, 0.3) is 0 Å². The molecular weight excluding hydrogens is 461 g/mol. The van der Waals surface area contributed by atoms with Crippen LogP contribution in [0.15, 0.2) is 24.4 Å². The summed E-state index contributed by atoms with van der Waals surface area (Å²) in [5, 5.41) is 7.29. The third-order valence-corrected chi connectivity index (χ3v) is 6.51. The van der Waals surface area contributed by atoms with E-state index in [9.17, 15) is 13.6 Å². The molecule has 1 amide bonds. The van der Waals surface area contributed by atoms with Crippen molar-refractivity contribution in [2.75, 3.05) is 11.1 Å². The van der Waals surface area contributed by atoms with E-state index in [-0.39, 0.29) is 57.7 Å². The van der Waals surface area contributed by atoms with E-state index in [0.717, 1.165) is 0 Å². The van der Waals surface area contributed by atoms with Crippen molar-refractivity contribution < 1.29 is 18.0 Å². The second-order valence-corrected chi connectivity index (χ2v) is 9.07. The summed E-state index contributed by atoms with van der Waals surface area (Å²) in [6, 6.07) is 3.96. The van der Waals surface area contributed by atoms with Crippen molar-refractivity contribution in [2.45, 2.75) is 45.3 Å². The number of rotatable bonds is 4. The van der Waals surface area contributed by atoms with Gasteiger partial charge in [-0.2, -0.15) is 5.10 Å². The first-order valence-corrected chi connectivity index (χ1v) is 10.7. The van der Waals surface area contributed by atoms with Gasteiger partial charge in [-0.25, -0.2) is 32.8 Å². The molecule has 1 unspecified atom stereocenters. The van der Waals surface area contributed by atoms with Crippen LogP contribution in [-0.2, 0) is 16.8 Å². The van der Waals surface area contributed by atoms with E-state index in [2.05, 4.69) is 30.4 Å². The van der Waals surface area contributed by atoms with Gasteiger partial charge in [-0.1, -0.05) is 0 Å². The molecule has 0 saturated heterocycles. The monoisotopic (exact) mass is 482 g/mol. The van der Waals surface area contributed by atoms with Crippen molar-refractivity contribution in [1.82, 2.24) is 29.7 Å². The molecular formula is C23H21F3N8O. The van der Waals surface area contributed by atoms with Crippen LogP contribution in [0.25, 0.3) is 22.6 Å². The number of carbonyl (C=O) groups excluding carboxylic acids is 1. The molecule has 0 saturated carbocycles. The van der Waals surface area contributed by atoms with Gasteiger partial charge in [0.1, 0.15) is 40.0 Å². The van der Waals surface area contributed by atoms with Crippen LogP contribution < -0.4 is 11.1 Å². The summed E-state index contributed by atoms with van der Waals surface area (Å²) < 4.78 is 45.2. The van der Waals surface area contributed by atoms with Gasteiger partial charge >= 0.3 is 0 Å². The number of nitrogens with two attached hydrogens (primary N) is 1. The minimum Gasteiger partial charge on any atom is -0.383 e. The van der Waals surface area contributed by atoms with Crippen LogP contribution in [-0.4, -0.2) is 41.3 Å². The zero-order valence-electron chi connectivity index (χ0n) is 19.3. The quantitative estimate of drug-likeness (QED) is 0.456. The van der Waals surface area contributed by atoms with Gasteiger partial charge in [-0.3, -0.25) is 9.78 Å². The fraction of sp³-hybridized carbons (Fsp3) is 0.304. The Labute approximate surface area is 197 Å². The van der Waals surface area contributed by atoms with Crippen LogP contribution in [0.3, 0.4) is 0 Å². The predicted molar refractivity (Wildman–Crippen MR) is 122 cm³/mol. The Bertz CT molecular complexity index is 1530. The Morgan fingerprint density at radius 2 is 1.94 bits per heavy atom. The second kappa shape index (κ2) is 7.45. The van der Waals surface area contributed by atoms with Gasteiger partial charge in [0.15, 0.2) is 11.5 Å². The number of fused-ring (bicyclic) bond motifs is 2. The van der Waals surface area contributed by atoms with Crippen molar-refractivity contribution in [1.29, 1.82) is 0 Å². The number of amides is 1. The molecule has 0 bridgehead atoms. The number of aryl methyl sites for hydroxylation is 1. The van der Waals surface area contributed by atoms with Gasteiger partial charge < -0.3 is 11.1 Å². The highest BCUT2D eigenvalue weighted by atomic mass is 19.1. The van der Waals surface area contributed by atoms with Crippen LogP contribution in [0.4, 0.5) is 24.8 Å². The topological polar surface area (TPSA) is 124 Å². The summed E-state index contributed by atoms with van der Waals surface area (Å²) in [5.74, 6) is -1.83. The molecule has 5 rings (SSSR count). The summed E-state index contributed by atoms with van der Waals surface area (Å²) in [6.45, 7) is 5.38. The molecule has 180 valence electrons. The van der Waals surface area contributed by atoms with E-state index in [0.29, 0.717) is 0 Å². The zero-order chi connectivity index (χ0) is 25.3. The van der Waals surface area contributed by atoms with Gasteiger partial charge in [-0.05, 0) is 45.9 Å². The van der Waals surface area contributed by atoms with Crippen molar-refractivity contribution in [3.63, 3.8) is 0 Å². The Morgan fingerprint density at radius 3 is 2.63 bits per heavy atom. The lowest BCUT2D eigenvalue weighted by Crippen LogP contribution is -2.47. The smallest absolute Gasteiger partial charge is 0.239 e. The predicted octanol–water partition coefficient (Wildman–Crippen LogP) is 3.46. The molecule has 12 heteroatoms. The number of nitrogen functional groups attached to an aromatic ring is 1. The maximum Gasteiger partial charge on any atom is 0.239 e. The number of hydrogen-bond acceptors (Lipinski definition) is 7. The summed E-state index contributed by atoms with van der Waals surface area (Å²) >= 11 is 0. The maximum atomic E-state index is 15.1. The molecule has 5 heterocycles. The lowest BCUT2D eigenvalue weighted by atomic mass is 9.72. The van der Waals surface area contributed by atoms with Crippen molar-refractivity contribution >= 4 is 28.6 Å². The van der Waals surface area contributed by atoms with E-state index in [4.69, 9.17) is 5.73 Å². The van der Waals surface area contributed by atoms with Crippen molar-refractivity contribution in [3.8, 4) is 11.5 Å². The minimum atomic E-state index is -1.97. The number of alkyl halides is 1. The first-order valence-electron chi connectivity index (χ1n) is 10.7. The zero-order valence-corrected chi connectivity index (χ0v) is 19.3. The number of aromatic nitrogens is 6. The fourth-order valence-electron chi connectivity index (χ4n) is 4.19. The highest BCUT2D eigenvalue weighted by Crippen LogP contribution is 2.48. The molecule has 3 N–H and O–H groups in total. The molecule has 0 spiro atoms. The average Bonchev–Trinajstić information content (AvgIpc) is 3.25. The maximum absolute atomic E-state index is 15.1. The Balaban J connectivity index is 1.71. The molecule has 1 atom stereocenters. The molecule has 0 aromatic carbocycles. The molecule has 4 aromatic rings. The summed E-state index contributed by atoms with van der Waals surface area (Å²) in [6.07, 6.45) is 1.44. The minimum absolute atomic E-state index is 0.0299. The highest BCUT2D eigenvalue weighted by molar-refractivity contribution is 6.07. The summed E-state index contributed by atoms with van der Waals surface area (Å²) in [7, 11) is 0. The lowest BCUT2D eigenvalue weighted by Gasteiger charge is -2.32. The largest absolute Gasteiger partial charge is 0.383 e. The van der Waals surface area contributed by atoms with Crippen molar-refractivity contribution in [3.05, 3.63) is 53.0 Å². The average molecular weight is 482 g/mol. The molecule has 1 aliphatic heterocycles. The molecule has 4 aromatic heterocycles. The normalized spacial score (nSPS) is 17.6. The molecule has 35 heavy (non-hydrogen) atoms. The molecule has 1 aliphatic rings. The number of nitrogens with one attached hydrogen (secondary N) is 1. The molecule has 9 nitrogen and oxygen atoms in total. The van der Waals surface area contributed by atoms with Crippen LogP contribution >= 0.6 is 0 Å². The van der Waals surface area contributed by atoms with Crippen LogP contribution in [0.1, 0.15) is 37.7 Å². The Kier molecular flexibility index (Phi) is 4.83. The van der Waals surface area contributed by atoms with Crippen LogP contribution in [0.5, 0.6) is 0 Å². The van der Waals surface area contributed by atoms with Crippen LogP contribution in [0.2, 0.25) is 0 Å². The number of hydrogen-bond donors (Lipinski definition) is 2.